The molecule has 0 aromatic carbocycles. The van der Waals surface area contributed by atoms with E-state index in [0.717, 1.165) is 0 Å². The molecular formula is C9H21N4OP. The lowest BCUT2D eigenvalue weighted by molar-refractivity contribution is 0.522. The van der Waals surface area contributed by atoms with E-state index in [1.807, 2.05) is 33.8 Å². The van der Waals surface area contributed by atoms with E-state index in [2.05, 4.69) is 15.3 Å². The van der Waals surface area contributed by atoms with Crippen molar-refractivity contribution in [2.45, 2.75) is 46.2 Å². The van der Waals surface area contributed by atoms with Crippen molar-refractivity contribution < 1.29 is 4.57 Å². The minimum Gasteiger partial charge on any atom is -0.271 e. The summed E-state index contributed by atoms with van der Waals surface area (Å²) in [6, 6.07) is 2.25. The summed E-state index contributed by atoms with van der Waals surface area (Å²) < 4.78 is 12.3. The molecule has 0 aromatic heterocycles. The molecule has 0 aromatic rings. The van der Waals surface area contributed by atoms with E-state index < -0.39 is 7.59 Å². The molecular weight excluding hydrogens is 211 g/mol. The first-order chi connectivity index (χ1) is 6.89. The normalized spacial score (nSPS) is 12.1. The number of nitriles is 1. The summed E-state index contributed by atoms with van der Waals surface area (Å²) in [5.74, 6) is 0. The molecule has 0 aliphatic carbocycles. The van der Waals surface area contributed by atoms with Gasteiger partial charge in [-0.25, -0.2) is 15.3 Å². The minimum atomic E-state index is -2.76. The van der Waals surface area contributed by atoms with Crippen molar-refractivity contribution in [1.29, 1.82) is 5.26 Å². The summed E-state index contributed by atoms with van der Waals surface area (Å²) in [6.07, 6.45) is 0.351. The fraction of sp³-hybridized carbons (Fsp3) is 0.889. The third kappa shape index (κ3) is 7.52. The van der Waals surface area contributed by atoms with E-state index in [1.54, 1.807) is 0 Å². The summed E-state index contributed by atoms with van der Waals surface area (Å²) >= 11 is 0. The van der Waals surface area contributed by atoms with Gasteiger partial charge in [-0.05, 0) is 27.7 Å². The zero-order valence-corrected chi connectivity index (χ0v) is 10.8. The van der Waals surface area contributed by atoms with Gasteiger partial charge in [0.25, 0.3) is 7.59 Å². The predicted molar refractivity (Wildman–Crippen MR) is 62.4 cm³/mol. The first-order valence-corrected chi connectivity index (χ1v) is 6.88. The van der Waals surface area contributed by atoms with Gasteiger partial charge in [0.15, 0.2) is 0 Å². The van der Waals surface area contributed by atoms with Crippen LogP contribution in [0.1, 0.15) is 34.1 Å². The maximum Gasteiger partial charge on any atom is 0.279 e. The molecule has 0 heterocycles. The summed E-state index contributed by atoms with van der Waals surface area (Å²) in [5.41, 5.74) is 0. The zero-order chi connectivity index (χ0) is 11.9. The molecule has 3 N–H and O–H groups in total. The summed E-state index contributed by atoms with van der Waals surface area (Å²) in [4.78, 5) is 0. The van der Waals surface area contributed by atoms with Crippen LogP contribution >= 0.6 is 7.59 Å². The van der Waals surface area contributed by atoms with Gasteiger partial charge in [-0.2, -0.15) is 5.26 Å². The summed E-state index contributed by atoms with van der Waals surface area (Å²) in [5, 5.41) is 17.2. The van der Waals surface area contributed by atoms with Gasteiger partial charge in [-0.1, -0.05) is 0 Å². The lowest BCUT2D eigenvalue weighted by Gasteiger charge is -2.25. The second-order valence-corrected chi connectivity index (χ2v) is 6.04. The third-order valence-corrected chi connectivity index (χ3v) is 3.88. The molecule has 0 rings (SSSR count). The van der Waals surface area contributed by atoms with Gasteiger partial charge in [0, 0.05) is 25.0 Å². The van der Waals surface area contributed by atoms with Crippen LogP contribution in [0.15, 0.2) is 0 Å². The van der Waals surface area contributed by atoms with Crippen LogP contribution in [0, 0.1) is 11.3 Å². The van der Waals surface area contributed by atoms with Crippen LogP contribution in [-0.2, 0) is 4.57 Å². The SMILES string of the molecule is CC(C)NP(=O)(NCCC#N)NC(C)C. The molecule has 0 spiro atoms. The average molecular weight is 232 g/mol. The van der Waals surface area contributed by atoms with E-state index in [-0.39, 0.29) is 12.1 Å². The van der Waals surface area contributed by atoms with Crippen LogP contribution in [0.2, 0.25) is 0 Å². The maximum atomic E-state index is 12.3. The lowest BCUT2D eigenvalue weighted by atomic mass is 10.4. The minimum absolute atomic E-state index is 0.122. The first-order valence-electron chi connectivity index (χ1n) is 5.17. The number of nitrogens with one attached hydrogen (secondary N) is 3. The number of nitrogens with zero attached hydrogens (tertiary/aromatic N) is 1. The molecule has 5 nitrogen and oxygen atoms in total. The van der Waals surface area contributed by atoms with Crippen LogP contribution in [0.25, 0.3) is 0 Å². The highest BCUT2D eigenvalue weighted by Crippen LogP contribution is 2.31. The van der Waals surface area contributed by atoms with Crippen LogP contribution < -0.4 is 15.3 Å². The topological polar surface area (TPSA) is 77.0 Å². The second-order valence-electron chi connectivity index (χ2n) is 3.99. The van der Waals surface area contributed by atoms with E-state index in [1.165, 1.54) is 0 Å². The van der Waals surface area contributed by atoms with Crippen LogP contribution in [0.3, 0.4) is 0 Å². The number of hydrogen-bond donors (Lipinski definition) is 3. The lowest BCUT2D eigenvalue weighted by Crippen LogP contribution is -2.38. The first kappa shape index (κ1) is 14.6. The molecule has 0 aliphatic rings. The summed E-state index contributed by atoms with van der Waals surface area (Å²) in [7, 11) is -2.76. The van der Waals surface area contributed by atoms with Crippen molar-refractivity contribution in [1.82, 2.24) is 15.3 Å². The van der Waals surface area contributed by atoms with E-state index in [9.17, 15) is 4.57 Å². The molecule has 0 bridgehead atoms. The Labute approximate surface area is 92.2 Å². The highest BCUT2D eigenvalue weighted by Gasteiger charge is 2.22. The maximum absolute atomic E-state index is 12.3. The van der Waals surface area contributed by atoms with Crippen molar-refractivity contribution in [2.24, 2.45) is 0 Å². The largest absolute Gasteiger partial charge is 0.279 e. The van der Waals surface area contributed by atoms with Gasteiger partial charge in [0.05, 0.1) is 6.07 Å². The van der Waals surface area contributed by atoms with Gasteiger partial charge < -0.3 is 0 Å². The van der Waals surface area contributed by atoms with Crippen molar-refractivity contribution in [3.63, 3.8) is 0 Å². The molecule has 0 aliphatic heterocycles. The standard InChI is InChI=1S/C9H21N4OP/c1-8(2)12-15(14,13-9(3)4)11-7-5-6-10/h8-9H,5,7H2,1-4H3,(H3,11,12,13,14). The Balaban J connectivity index is 4.29. The Hall–Kier alpha value is -0.400. The van der Waals surface area contributed by atoms with Gasteiger partial charge >= 0.3 is 0 Å². The Morgan fingerprint density at radius 2 is 1.67 bits per heavy atom. The molecule has 0 fully saturated rings. The fourth-order valence-electron chi connectivity index (χ4n) is 1.13. The molecule has 0 saturated heterocycles. The van der Waals surface area contributed by atoms with Gasteiger partial charge in [0.1, 0.15) is 0 Å². The molecule has 0 radical (unpaired) electrons. The van der Waals surface area contributed by atoms with Crippen LogP contribution in [0.5, 0.6) is 0 Å². The van der Waals surface area contributed by atoms with Gasteiger partial charge in [-0.15, -0.1) is 0 Å². The van der Waals surface area contributed by atoms with Crippen molar-refractivity contribution in [2.75, 3.05) is 6.54 Å². The van der Waals surface area contributed by atoms with Crippen molar-refractivity contribution in [3.8, 4) is 6.07 Å². The Kier molecular flexibility index (Phi) is 6.78. The van der Waals surface area contributed by atoms with Gasteiger partial charge in [-0.3, -0.25) is 4.57 Å². The van der Waals surface area contributed by atoms with Crippen LogP contribution in [0.4, 0.5) is 0 Å². The molecule has 0 amide bonds. The molecule has 88 valence electrons. The van der Waals surface area contributed by atoms with Crippen molar-refractivity contribution >= 4 is 7.59 Å². The second kappa shape index (κ2) is 6.97. The van der Waals surface area contributed by atoms with E-state index in [4.69, 9.17) is 5.26 Å². The van der Waals surface area contributed by atoms with E-state index in [0.29, 0.717) is 13.0 Å². The Bertz CT molecular complexity index is 245. The molecule has 0 saturated carbocycles. The van der Waals surface area contributed by atoms with Gasteiger partial charge in [0.2, 0.25) is 0 Å². The molecule has 0 unspecified atom stereocenters. The summed E-state index contributed by atoms with van der Waals surface area (Å²) in [6.45, 7) is 8.15. The highest BCUT2D eigenvalue weighted by atomic mass is 31.2. The quantitative estimate of drug-likeness (QED) is 0.459. The van der Waals surface area contributed by atoms with Crippen molar-refractivity contribution in [3.05, 3.63) is 0 Å². The smallest absolute Gasteiger partial charge is 0.271 e. The van der Waals surface area contributed by atoms with E-state index >= 15 is 0 Å². The Morgan fingerprint density at radius 3 is 2.00 bits per heavy atom. The average Bonchev–Trinajstić information content (AvgIpc) is 2.00. The highest BCUT2D eigenvalue weighted by molar-refractivity contribution is 7.57. The monoisotopic (exact) mass is 232 g/mol. The third-order valence-electron chi connectivity index (χ3n) is 1.45. The molecule has 0 atom stereocenters. The number of rotatable bonds is 7. The molecule has 6 heteroatoms. The van der Waals surface area contributed by atoms with Crippen LogP contribution in [-0.4, -0.2) is 18.6 Å². The number of hydrogen-bond acceptors (Lipinski definition) is 2. The zero-order valence-electron chi connectivity index (χ0n) is 9.87. The molecule has 15 heavy (non-hydrogen) atoms. The Morgan fingerprint density at radius 1 is 1.20 bits per heavy atom. The fourth-order valence-corrected chi connectivity index (χ4v) is 3.26. The predicted octanol–water partition coefficient (Wildman–Crippen LogP) is 1.59.